The molecule has 1 heterocycles. The average Bonchev–Trinajstić information content (AvgIpc) is 2.89. The minimum atomic E-state index is -2.49. The number of benzene rings is 1. The molecule has 0 aliphatic heterocycles. The van der Waals surface area contributed by atoms with Crippen molar-refractivity contribution in [1.29, 1.82) is 0 Å². The first kappa shape index (κ1) is 13.2. The number of halogens is 2. The zero-order valence-corrected chi connectivity index (χ0v) is 10.5. The molecule has 1 N–H and O–H groups in total. The van der Waals surface area contributed by atoms with Crippen molar-refractivity contribution >= 4 is 11.3 Å². The molecular weight excluding hydrogens is 254 g/mol. The number of alkyl halides is 2. The predicted molar refractivity (Wildman–Crippen MR) is 69.0 cm³/mol. The lowest BCUT2D eigenvalue weighted by molar-refractivity contribution is 0.149. The molecule has 0 aliphatic carbocycles. The molecule has 1 atom stereocenters. The third-order valence-corrected chi connectivity index (χ3v) is 3.73. The second kappa shape index (κ2) is 6.07. The summed E-state index contributed by atoms with van der Waals surface area (Å²) in [4.78, 5) is 1.19. The molecule has 1 aromatic heterocycles. The van der Waals surface area contributed by atoms with Crippen molar-refractivity contribution in [2.75, 3.05) is 0 Å². The van der Waals surface area contributed by atoms with Crippen molar-refractivity contribution in [2.45, 2.75) is 25.4 Å². The fourth-order valence-corrected chi connectivity index (χ4v) is 2.53. The van der Waals surface area contributed by atoms with Crippen LogP contribution in [0, 0.1) is 0 Å². The molecule has 0 amide bonds. The molecule has 1 aromatic carbocycles. The van der Waals surface area contributed by atoms with Crippen LogP contribution in [0.4, 0.5) is 8.78 Å². The second-order valence-corrected chi connectivity index (χ2v) is 5.14. The van der Waals surface area contributed by atoms with E-state index in [1.54, 1.807) is 23.5 Å². The lowest BCUT2D eigenvalue weighted by atomic mass is 10.0. The molecule has 1 nitrogen and oxygen atoms in total. The van der Waals surface area contributed by atoms with E-state index in [2.05, 4.69) is 0 Å². The summed E-state index contributed by atoms with van der Waals surface area (Å²) in [6, 6.07) is 9.97. The maximum Gasteiger partial charge on any atom is 0.263 e. The van der Waals surface area contributed by atoms with E-state index in [9.17, 15) is 13.9 Å². The van der Waals surface area contributed by atoms with Crippen molar-refractivity contribution in [3.63, 3.8) is 0 Å². The molecule has 0 saturated carbocycles. The number of hydrogen-bond donors (Lipinski definition) is 1. The quantitative estimate of drug-likeness (QED) is 0.854. The first-order chi connectivity index (χ1) is 8.66. The normalized spacial score (nSPS) is 12.9. The highest BCUT2D eigenvalue weighted by atomic mass is 32.1. The number of aliphatic hydroxyl groups is 1. The summed E-state index contributed by atoms with van der Waals surface area (Å²) in [5, 5.41) is 12.0. The molecule has 4 heteroatoms. The fourth-order valence-electron chi connectivity index (χ4n) is 1.80. The molecular formula is C14H14F2OS. The topological polar surface area (TPSA) is 20.2 Å². The van der Waals surface area contributed by atoms with E-state index < -0.39 is 12.5 Å². The molecule has 18 heavy (non-hydrogen) atoms. The SMILES string of the molecule is OC(CCc1cccs1)c1cccc(C(F)F)c1. The Morgan fingerprint density at radius 1 is 1.11 bits per heavy atom. The third-order valence-electron chi connectivity index (χ3n) is 2.79. The minimum absolute atomic E-state index is 0.0392. The van der Waals surface area contributed by atoms with Gasteiger partial charge in [-0.05, 0) is 35.9 Å². The molecule has 96 valence electrons. The van der Waals surface area contributed by atoms with Gasteiger partial charge in [0.05, 0.1) is 6.10 Å². The van der Waals surface area contributed by atoms with Crippen LogP contribution in [0.5, 0.6) is 0 Å². The summed E-state index contributed by atoms with van der Waals surface area (Å²) in [5.41, 5.74) is 0.520. The Morgan fingerprint density at radius 2 is 1.89 bits per heavy atom. The zero-order valence-electron chi connectivity index (χ0n) is 9.72. The standard InChI is InChI=1S/C14H14F2OS/c15-14(16)11-4-1-3-10(9-11)13(17)7-6-12-5-2-8-18-12/h1-5,8-9,13-14,17H,6-7H2. The number of aryl methyl sites for hydroxylation is 1. The van der Waals surface area contributed by atoms with Gasteiger partial charge >= 0.3 is 0 Å². The van der Waals surface area contributed by atoms with Crippen molar-refractivity contribution in [3.8, 4) is 0 Å². The van der Waals surface area contributed by atoms with Crippen LogP contribution in [0.1, 0.15) is 35.0 Å². The van der Waals surface area contributed by atoms with Crippen molar-refractivity contribution in [3.05, 3.63) is 57.8 Å². The number of thiophene rings is 1. The van der Waals surface area contributed by atoms with Crippen LogP contribution in [-0.2, 0) is 6.42 Å². The van der Waals surface area contributed by atoms with Crippen LogP contribution in [0.25, 0.3) is 0 Å². The lowest BCUT2D eigenvalue weighted by Gasteiger charge is -2.11. The van der Waals surface area contributed by atoms with Crippen molar-refractivity contribution < 1.29 is 13.9 Å². The number of aliphatic hydroxyl groups excluding tert-OH is 1. The summed E-state index contributed by atoms with van der Waals surface area (Å²) in [6.07, 6.45) is -1.87. The maximum absolute atomic E-state index is 12.5. The van der Waals surface area contributed by atoms with Gasteiger partial charge in [-0.25, -0.2) is 8.78 Å². The fraction of sp³-hybridized carbons (Fsp3) is 0.286. The van der Waals surface area contributed by atoms with E-state index in [0.717, 1.165) is 6.42 Å². The molecule has 2 rings (SSSR count). The van der Waals surface area contributed by atoms with Gasteiger partial charge in [-0.1, -0.05) is 24.3 Å². The summed E-state index contributed by atoms with van der Waals surface area (Å²) in [7, 11) is 0. The van der Waals surface area contributed by atoms with E-state index in [1.807, 2.05) is 17.5 Å². The Balaban J connectivity index is 1.99. The molecule has 0 saturated heterocycles. The largest absolute Gasteiger partial charge is 0.388 e. The van der Waals surface area contributed by atoms with Crippen LogP contribution >= 0.6 is 11.3 Å². The molecule has 0 bridgehead atoms. The molecule has 2 aromatic rings. The van der Waals surface area contributed by atoms with Gasteiger partial charge in [-0.3, -0.25) is 0 Å². The molecule has 0 radical (unpaired) electrons. The minimum Gasteiger partial charge on any atom is -0.388 e. The highest BCUT2D eigenvalue weighted by Gasteiger charge is 2.12. The Morgan fingerprint density at radius 3 is 2.56 bits per heavy atom. The second-order valence-electron chi connectivity index (χ2n) is 4.10. The summed E-state index contributed by atoms with van der Waals surface area (Å²) in [5.74, 6) is 0. The molecule has 0 fully saturated rings. The van der Waals surface area contributed by atoms with Crippen LogP contribution < -0.4 is 0 Å². The van der Waals surface area contributed by atoms with Gasteiger partial charge in [-0.2, -0.15) is 0 Å². The zero-order chi connectivity index (χ0) is 13.0. The van der Waals surface area contributed by atoms with E-state index in [0.29, 0.717) is 12.0 Å². The van der Waals surface area contributed by atoms with E-state index >= 15 is 0 Å². The van der Waals surface area contributed by atoms with Crippen LogP contribution in [-0.4, -0.2) is 5.11 Å². The molecule has 0 aliphatic rings. The van der Waals surface area contributed by atoms with E-state index in [4.69, 9.17) is 0 Å². The van der Waals surface area contributed by atoms with Crippen LogP contribution in [0.3, 0.4) is 0 Å². The van der Waals surface area contributed by atoms with E-state index in [1.165, 1.54) is 17.0 Å². The first-order valence-corrected chi connectivity index (χ1v) is 6.63. The van der Waals surface area contributed by atoms with Gasteiger partial charge in [-0.15, -0.1) is 11.3 Å². The summed E-state index contributed by atoms with van der Waals surface area (Å²) >= 11 is 1.64. The van der Waals surface area contributed by atoms with Gasteiger partial charge in [0, 0.05) is 10.4 Å². The maximum atomic E-state index is 12.5. The molecule has 1 unspecified atom stereocenters. The van der Waals surface area contributed by atoms with Gasteiger partial charge in [0.1, 0.15) is 0 Å². The van der Waals surface area contributed by atoms with Crippen LogP contribution in [0.2, 0.25) is 0 Å². The van der Waals surface area contributed by atoms with Crippen LogP contribution in [0.15, 0.2) is 41.8 Å². The number of hydrogen-bond acceptors (Lipinski definition) is 2. The Bertz CT molecular complexity index is 482. The van der Waals surface area contributed by atoms with Gasteiger partial charge in [0.25, 0.3) is 6.43 Å². The van der Waals surface area contributed by atoms with E-state index in [-0.39, 0.29) is 5.56 Å². The highest BCUT2D eigenvalue weighted by molar-refractivity contribution is 7.09. The predicted octanol–water partition coefficient (Wildman–Crippen LogP) is 4.35. The number of rotatable bonds is 5. The molecule has 0 spiro atoms. The first-order valence-electron chi connectivity index (χ1n) is 5.75. The Labute approximate surface area is 109 Å². The average molecular weight is 268 g/mol. The van der Waals surface area contributed by atoms with Crippen molar-refractivity contribution in [2.24, 2.45) is 0 Å². The Hall–Kier alpha value is -1.26. The van der Waals surface area contributed by atoms with Gasteiger partial charge in [0.15, 0.2) is 0 Å². The lowest BCUT2D eigenvalue weighted by Crippen LogP contribution is -2.00. The van der Waals surface area contributed by atoms with Crippen molar-refractivity contribution in [1.82, 2.24) is 0 Å². The Kier molecular flexibility index (Phi) is 4.44. The van der Waals surface area contributed by atoms with Gasteiger partial charge < -0.3 is 5.11 Å². The highest BCUT2D eigenvalue weighted by Crippen LogP contribution is 2.25. The van der Waals surface area contributed by atoms with Gasteiger partial charge in [0.2, 0.25) is 0 Å². The smallest absolute Gasteiger partial charge is 0.263 e. The summed E-state index contributed by atoms with van der Waals surface area (Å²) in [6.45, 7) is 0. The summed E-state index contributed by atoms with van der Waals surface area (Å²) < 4.78 is 25.1. The monoisotopic (exact) mass is 268 g/mol. The third kappa shape index (κ3) is 3.37.